The van der Waals surface area contributed by atoms with Crippen LogP contribution in [0.2, 0.25) is 0 Å². The van der Waals surface area contributed by atoms with Crippen LogP contribution in [0, 0.1) is 0 Å². The van der Waals surface area contributed by atoms with E-state index in [9.17, 15) is 5.11 Å². The molecule has 0 fully saturated rings. The average molecular weight is 347 g/mol. The molecule has 3 rings (SSSR count). The van der Waals surface area contributed by atoms with Gasteiger partial charge in [0.2, 0.25) is 0 Å². The number of hydrogen-bond acceptors (Lipinski definition) is 1. The second kappa shape index (κ2) is 9.00. The summed E-state index contributed by atoms with van der Waals surface area (Å²) in [6.45, 7) is 2.25. The van der Waals surface area contributed by atoms with Crippen molar-refractivity contribution in [2.24, 2.45) is 0 Å². The predicted octanol–water partition coefficient (Wildman–Crippen LogP) is 6.65. The maximum absolute atomic E-state index is 11.6. The Bertz CT molecular complexity index is 742. The maximum Gasteiger partial charge on any atom is 0.115 e. The molecule has 2 aromatic rings. The van der Waals surface area contributed by atoms with Crippen molar-refractivity contribution >= 4 is 6.08 Å². The molecule has 2 aromatic carbocycles. The van der Waals surface area contributed by atoms with E-state index in [0.717, 1.165) is 30.4 Å². The molecule has 0 amide bonds. The van der Waals surface area contributed by atoms with Crippen molar-refractivity contribution in [2.75, 3.05) is 0 Å². The highest BCUT2D eigenvalue weighted by molar-refractivity contribution is 5.57. The third kappa shape index (κ3) is 4.34. The van der Waals surface area contributed by atoms with E-state index in [1.807, 2.05) is 24.3 Å². The molecule has 1 aliphatic carbocycles. The lowest BCUT2D eigenvalue weighted by molar-refractivity contribution is 0.0810. The van der Waals surface area contributed by atoms with Crippen molar-refractivity contribution < 1.29 is 5.11 Å². The molecule has 0 bridgehead atoms. The van der Waals surface area contributed by atoms with E-state index in [2.05, 4.69) is 55.5 Å². The lowest BCUT2D eigenvalue weighted by Gasteiger charge is -2.26. The minimum atomic E-state index is -0.855. The quantitative estimate of drug-likeness (QED) is 0.531. The largest absolute Gasteiger partial charge is 0.380 e. The highest BCUT2D eigenvalue weighted by Gasteiger charge is 2.38. The van der Waals surface area contributed by atoms with Gasteiger partial charge in [0.05, 0.1) is 0 Å². The third-order valence-corrected chi connectivity index (χ3v) is 5.44. The van der Waals surface area contributed by atoms with Crippen molar-refractivity contribution in [3.63, 3.8) is 0 Å². The minimum absolute atomic E-state index is 0.786. The zero-order valence-corrected chi connectivity index (χ0v) is 15.8. The maximum atomic E-state index is 11.6. The molecular formula is C25H30O. The van der Waals surface area contributed by atoms with Gasteiger partial charge in [-0.25, -0.2) is 0 Å². The van der Waals surface area contributed by atoms with E-state index in [0.29, 0.717) is 0 Å². The second-order valence-electron chi connectivity index (χ2n) is 7.30. The summed E-state index contributed by atoms with van der Waals surface area (Å²) in [5, 5.41) is 11.6. The van der Waals surface area contributed by atoms with Gasteiger partial charge in [-0.05, 0) is 42.4 Å². The molecule has 1 nitrogen and oxygen atoms in total. The van der Waals surface area contributed by atoms with Crippen LogP contribution >= 0.6 is 0 Å². The molecule has 1 heteroatoms. The van der Waals surface area contributed by atoms with E-state index in [1.165, 1.54) is 36.8 Å². The fourth-order valence-electron chi connectivity index (χ4n) is 3.93. The number of allylic oxidation sites excluding steroid dienone is 1. The monoisotopic (exact) mass is 346 g/mol. The van der Waals surface area contributed by atoms with E-state index in [1.54, 1.807) is 0 Å². The normalized spacial score (nSPS) is 20.2. The Morgan fingerprint density at radius 2 is 1.58 bits per heavy atom. The molecule has 0 heterocycles. The first-order valence-corrected chi connectivity index (χ1v) is 9.97. The smallest absolute Gasteiger partial charge is 0.115 e. The summed E-state index contributed by atoms with van der Waals surface area (Å²) in [6.07, 6.45) is 12.2. The zero-order valence-electron chi connectivity index (χ0n) is 15.8. The molecule has 0 saturated carbocycles. The standard InChI is InChI=1S/C25H30O/c1-2-3-4-9-14-22-19-20-25(26,23-15-10-6-11-16-23)24(22)18-17-21-12-7-5-8-13-21/h5-8,10-13,15-18,26H,2-4,9,14,19-20H2,1H3/b18-17+. The highest BCUT2D eigenvalue weighted by atomic mass is 16.3. The number of benzene rings is 2. The summed E-state index contributed by atoms with van der Waals surface area (Å²) in [7, 11) is 0. The molecule has 26 heavy (non-hydrogen) atoms. The molecule has 0 saturated heterocycles. The summed E-state index contributed by atoms with van der Waals surface area (Å²) >= 11 is 0. The van der Waals surface area contributed by atoms with Gasteiger partial charge in [0.15, 0.2) is 0 Å². The predicted molar refractivity (Wildman–Crippen MR) is 111 cm³/mol. The Kier molecular flexibility index (Phi) is 6.46. The fraction of sp³-hybridized carbons (Fsp3) is 0.360. The van der Waals surface area contributed by atoms with E-state index < -0.39 is 5.60 Å². The van der Waals surface area contributed by atoms with Crippen molar-refractivity contribution in [1.82, 2.24) is 0 Å². The van der Waals surface area contributed by atoms with Gasteiger partial charge in [-0.3, -0.25) is 0 Å². The topological polar surface area (TPSA) is 20.2 Å². The number of hydrogen-bond donors (Lipinski definition) is 1. The number of rotatable bonds is 8. The molecule has 1 aliphatic rings. The average Bonchev–Trinajstić information content (AvgIpc) is 3.02. The Morgan fingerprint density at radius 1 is 0.885 bits per heavy atom. The molecule has 1 unspecified atom stereocenters. The van der Waals surface area contributed by atoms with Crippen LogP contribution in [0.15, 0.2) is 77.9 Å². The first-order valence-electron chi connectivity index (χ1n) is 9.97. The lowest BCUT2D eigenvalue weighted by Crippen LogP contribution is -2.24. The van der Waals surface area contributed by atoms with Gasteiger partial charge in [-0.1, -0.05) is 105 Å². The third-order valence-electron chi connectivity index (χ3n) is 5.44. The van der Waals surface area contributed by atoms with Crippen LogP contribution in [-0.4, -0.2) is 5.11 Å². The summed E-state index contributed by atoms with van der Waals surface area (Å²) < 4.78 is 0. The van der Waals surface area contributed by atoms with Crippen molar-refractivity contribution in [3.8, 4) is 0 Å². The zero-order chi connectivity index (χ0) is 18.2. The molecule has 136 valence electrons. The van der Waals surface area contributed by atoms with Crippen LogP contribution in [0.5, 0.6) is 0 Å². The number of unbranched alkanes of at least 4 members (excludes halogenated alkanes) is 3. The lowest BCUT2D eigenvalue weighted by atomic mass is 9.86. The van der Waals surface area contributed by atoms with E-state index in [-0.39, 0.29) is 0 Å². The van der Waals surface area contributed by atoms with Crippen LogP contribution in [0.3, 0.4) is 0 Å². The van der Waals surface area contributed by atoms with Gasteiger partial charge >= 0.3 is 0 Å². The van der Waals surface area contributed by atoms with Crippen LogP contribution in [0.1, 0.15) is 63.0 Å². The van der Waals surface area contributed by atoms with Gasteiger partial charge in [0.1, 0.15) is 5.60 Å². The molecular weight excluding hydrogens is 316 g/mol. The Balaban J connectivity index is 1.89. The first-order chi connectivity index (χ1) is 12.7. The first kappa shape index (κ1) is 18.7. The van der Waals surface area contributed by atoms with Crippen LogP contribution < -0.4 is 0 Å². The van der Waals surface area contributed by atoms with Crippen molar-refractivity contribution in [1.29, 1.82) is 0 Å². The van der Waals surface area contributed by atoms with Crippen molar-refractivity contribution in [3.05, 3.63) is 89.0 Å². The van der Waals surface area contributed by atoms with Gasteiger partial charge in [-0.2, -0.15) is 0 Å². The SMILES string of the molecule is CCCCCCC1=C(/C=C/c2ccccc2)C(O)(c2ccccc2)CC1. The molecule has 0 aromatic heterocycles. The van der Waals surface area contributed by atoms with E-state index >= 15 is 0 Å². The van der Waals surface area contributed by atoms with E-state index in [4.69, 9.17) is 0 Å². The minimum Gasteiger partial charge on any atom is -0.380 e. The molecule has 0 spiro atoms. The second-order valence-corrected chi connectivity index (χ2v) is 7.30. The molecule has 0 radical (unpaired) electrons. The molecule has 1 atom stereocenters. The number of aliphatic hydroxyl groups is 1. The van der Waals surface area contributed by atoms with Crippen molar-refractivity contribution in [2.45, 2.75) is 57.5 Å². The fourth-order valence-corrected chi connectivity index (χ4v) is 3.93. The Labute approximate surface area is 158 Å². The summed E-state index contributed by atoms with van der Waals surface area (Å²) in [5.74, 6) is 0. The Hall–Kier alpha value is -2.12. The van der Waals surface area contributed by atoms with Gasteiger partial charge in [-0.15, -0.1) is 0 Å². The summed E-state index contributed by atoms with van der Waals surface area (Å²) in [4.78, 5) is 0. The highest BCUT2D eigenvalue weighted by Crippen LogP contribution is 2.45. The van der Waals surface area contributed by atoms with Gasteiger partial charge < -0.3 is 5.11 Å². The molecule has 0 aliphatic heterocycles. The van der Waals surface area contributed by atoms with Crippen LogP contribution in [0.25, 0.3) is 6.08 Å². The summed E-state index contributed by atoms with van der Waals surface area (Å²) in [6, 6.07) is 20.5. The summed E-state index contributed by atoms with van der Waals surface area (Å²) in [5.41, 5.74) is 3.87. The Morgan fingerprint density at radius 3 is 2.27 bits per heavy atom. The molecule has 1 N–H and O–H groups in total. The van der Waals surface area contributed by atoms with Gasteiger partial charge in [0, 0.05) is 0 Å². The van der Waals surface area contributed by atoms with Crippen LogP contribution in [0.4, 0.5) is 0 Å². The van der Waals surface area contributed by atoms with Gasteiger partial charge in [0.25, 0.3) is 0 Å². The van der Waals surface area contributed by atoms with Crippen LogP contribution in [-0.2, 0) is 5.60 Å².